The van der Waals surface area contributed by atoms with Gasteiger partial charge in [0, 0.05) is 12.7 Å². The van der Waals surface area contributed by atoms with Gasteiger partial charge in [0.25, 0.3) is 5.91 Å². The van der Waals surface area contributed by atoms with Gasteiger partial charge in [0.15, 0.2) is 5.65 Å². The summed E-state index contributed by atoms with van der Waals surface area (Å²) in [5.41, 5.74) is 3.05. The molecule has 1 N–H and O–H groups in total. The molecule has 0 saturated heterocycles. The Morgan fingerprint density at radius 1 is 1.27 bits per heavy atom. The topological polar surface area (TPSA) is 70.2 Å². The lowest BCUT2D eigenvalue weighted by molar-refractivity contribution is 0.0944. The molecule has 2 aromatic heterocycles. The maximum Gasteiger partial charge on any atom is 0.270 e. The molecule has 2 heterocycles. The third-order valence-corrected chi connectivity index (χ3v) is 3.46. The molecule has 5 heteroatoms. The van der Waals surface area contributed by atoms with Gasteiger partial charge >= 0.3 is 0 Å². The fraction of sp³-hybridized carbons (Fsp3) is 0.118. The zero-order valence-corrected chi connectivity index (χ0v) is 12.1. The number of imidazole rings is 1. The van der Waals surface area contributed by atoms with E-state index in [1.54, 1.807) is 29.7 Å². The van der Waals surface area contributed by atoms with Crippen molar-refractivity contribution < 1.29 is 4.79 Å². The number of nitrogens with one attached hydrogen (secondary N) is 1. The molecule has 5 nitrogen and oxygen atoms in total. The van der Waals surface area contributed by atoms with Crippen molar-refractivity contribution in [2.24, 2.45) is 0 Å². The van der Waals surface area contributed by atoms with Gasteiger partial charge in [-0.1, -0.05) is 30.3 Å². The molecule has 0 radical (unpaired) electrons. The number of hydrogen-bond donors (Lipinski definition) is 1. The summed E-state index contributed by atoms with van der Waals surface area (Å²) in [5, 5.41) is 12.0. The summed E-state index contributed by atoms with van der Waals surface area (Å²) in [7, 11) is 0. The highest BCUT2D eigenvalue weighted by Gasteiger charge is 2.17. The number of aromatic nitrogens is 2. The first-order chi connectivity index (χ1) is 10.7. The van der Waals surface area contributed by atoms with Crippen LogP contribution in [0.4, 0.5) is 0 Å². The van der Waals surface area contributed by atoms with Crippen molar-refractivity contribution in [1.29, 1.82) is 5.26 Å². The number of carbonyl (C=O) groups excluding carboxylic acids is 1. The molecule has 0 aliphatic rings. The summed E-state index contributed by atoms with van der Waals surface area (Å²) in [6.07, 6.45) is 1.74. The van der Waals surface area contributed by atoms with Gasteiger partial charge in [-0.25, -0.2) is 4.98 Å². The van der Waals surface area contributed by atoms with Gasteiger partial charge in [-0.05, 0) is 24.6 Å². The molecule has 0 saturated carbocycles. The molecular formula is C17H14N4O. The number of nitrogens with zero attached hydrogens (tertiary/aromatic N) is 3. The zero-order valence-electron chi connectivity index (χ0n) is 12.1. The van der Waals surface area contributed by atoms with Crippen molar-refractivity contribution in [1.82, 2.24) is 14.7 Å². The number of carbonyl (C=O) groups is 1. The molecule has 0 spiro atoms. The van der Waals surface area contributed by atoms with Crippen LogP contribution in [-0.2, 0) is 6.54 Å². The number of nitriles is 1. The number of pyridine rings is 1. The minimum Gasteiger partial charge on any atom is -0.347 e. The first-order valence-electron chi connectivity index (χ1n) is 6.90. The van der Waals surface area contributed by atoms with E-state index < -0.39 is 0 Å². The summed E-state index contributed by atoms with van der Waals surface area (Å²) in [6, 6.07) is 15.2. The second-order valence-corrected chi connectivity index (χ2v) is 4.94. The molecule has 0 atom stereocenters. The number of amides is 1. The molecule has 0 aliphatic carbocycles. The quantitative estimate of drug-likeness (QED) is 0.805. The molecular weight excluding hydrogens is 276 g/mol. The van der Waals surface area contributed by atoms with Crippen LogP contribution >= 0.6 is 0 Å². The van der Waals surface area contributed by atoms with Crippen LogP contribution in [0, 0.1) is 18.3 Å². The van der Waals surface area contributed by atoms with Gasteiger partial charge in [-0.15, -0.1) is 0 Å². The summed E-state index contributed by atoms with van der Waals surface area (Å²) in [4.78, 5) is 16.8. The fourth-order valence-corrected chi connectivity index (χ4v) is 2.40. The Morgan fingerprint density at radius 2 is 2.05 bits per heavy atom. The summed E-state index contributed by atoms with van der Waals surface area (Å²) >= 11 is 0. The van der Waals surface area contributed by atoms with E-state index in [1.165, 1.54) is 0 Å². The average Bonchev–Trinajstić information content (AvgIpc) is 2.89. The first-order valence-corrected chi connectivity index (χ1v) is 6.90. The van der Waals surface area contributed by atoms with Crippen LogP contribution in [0.1, 0.15) is 27.3 Å². The van der Waals surface area contributed by atoms with Crippen molar-refractivity contribution in [3.63, 3.8) is 0 Å². The number of benzene rings is 1. The summed E-state index contributed by atoms with van der Waals surface area (Å²) in [6.45, 7) is 2.22. The maximum absolute atomic E-state index is 12.5. The molecule has 0 bridgehead atoms. The molecule has 0 aliphatic heterocycles. The minimum atomic E-state index is -0.205. The molecule has 0 unspecified atom stereocenters. The van der Waals surface area contributed by atoms with Crippen molar-refractivity contribution >= 4 is 11.6 Å². The van der Waals surface area contributed by atoms with Crippen LogP contribution in [0.2, 0.25) is 0 Å². The Balaban J connectivity index is 1.91. The van der Waals surface area contributed by atoms with E-state index in [0.29, 0.717) is 29.1 Å². The van der Waals surface area contributed by atoms with Gasteiger partial charge in [0.05, 0.1) is 11.3 Å². The largest absolute Gasteiger partial charge is 0.347 e. The van der Waals surface area contributed by atoms with Crippen molar-refractivity contribution in [2.75, 3.05) is 0 Å². The molecule has 1 aromatic carbocycles. The lowest BCUT2D eigenvalue weighted by atomic mass is 10.2. The molecule has 3 rings (SSSR count). The van der Waals surface area contributed by atoms with E-state index in [9.17, 15) is 4.79 Å². The Morgan fingerprint density at radius 3 is 2.77 bits per heavy atom. The number of rotatable bonds is 3. The highest BCUT2D eigenvalue weighted by Crippen LogP contribution is 2.15. The predicted octanol–water partition coefficient (Wildman–Crippen LogP) is 2.44. The Bertz CT molecular complexity index is 875. The average molecular weight is 290 g/mol. The lowest BCUT2D eigenvalue weighted by Crippen LogP contribution is -2.24. The van der Waals surface area contributed by atoms with Crippen LogP contribution < -0.4 is 5.32 Å². The standard InChI is InChI=1S/C17H14N4O/c1-12-15(17(22)19-11-13-6-3-2-4-7-13)21-9-5-8-14(10-18)16(21)20-12/h2-9H,11H2,1H3,(H,19,22). The SMILES string of the molecule is Cc1nc2c(C#N)cccn2c1C(=O)NCc1ccccc1. The molecule has 0 fully saturated rings. The van der Waals surface area contributed by atoms with Crippen LogP contribution in [0.15, 0.2) is 48.7 Å². The molecule has 108 valence electrons. The van der Waals surface area contributed by atoms with E-state index in [-0.39, 0.29) is 5.91 Å². The number of hydrogen-bond acceptors (Lipinski definition) is 3. The number of aryl methyl sites for hydroxylation is 1. The van der Waals surface area contributed by atoms with E-state index in [4.69, 9.17) is 5.26 Å². The molecule has 3 aromatic rings. The van der Waals surface area contributed by atoms with Gasteiger partial charge in [-0.2, -0.15) is 5.26 Å². The molecule has 1 amide bonds. The fourth-order valence-electron chi connectivity index (χ4n) is 2.40. The highest BCUT2D eigenvalue weighted by molar-refractivity contribution is 5.94. The third-order valence-electron chi connectivity index (χ3n) is 3.46. The highest BCUT2D eigenvalue weighted by atomic mass is 16.1. The van der Waals surface area contributed by atoms with Crippen LogP contribution in [0.25, 0.3) is 5.65 Å². The van der Waals surface area contributed by atoms with E-state index in [2.05, 4.69) is 16.4 Å². The zero-order chi connectivity index (χ0) is 15.5. The van der Waals surface area contributed by atoms with Crippen molar-refractivity contribution in [3.8, 4) is 6.07 Å². The van der Waals surface area contributed by atoms with Gasteiger partial charge in [0.1, 0.15) is 11.8 Å². The minimum absolute atomic E-state index is 0.205. The Hall–Kier alpha value is -3.13. The van der Waals surface area contributed by atoms with Crippen LogP contribution in [0.5, 0.6) is 0 Å². The number of fused-ring (bicyclic) bond motifs is 1. The Labute approximate surface area is 127 Å². The van der Waals surface area contributed by atoms with Gasteiger partial charge in [0.2, 0.25) is 0 Å². The van der Waals surface area contributed by atoms with E-state index in [1.807, 2.05) is 30.3 Å². The van der Waals surface area contributed by atoms with Crippen LogP contribution in [-0.4, -0.2) is 15.3 Å². The normalized spacial score (nSPS) is 10.4. The summed E-state index contributed by atoms with van der Waals surface area (Å²) in [5.74, 6) is -0.205. The smallest absolute Gasteiger partial charge is 0.270 e. The Kier molecular flexibility index (Phi) is 3.58. The van der Waals surface area contributed by atoms with E-state index in [0.717, 1.165) is 5.56 Å². The lowest BCUT2D eigenvalue weighted by Gasteiger charge is -2.06. The second-order valence-electron chi connectivity index (χ2n) is 4.94. The van der Waals surface area contributed by atoms with Crippen molar-refractivity contribution in [2.45, 2.75) is 13.5 Å². The van der Waals surface area contributed by atoms with Crippen LogP contribution in [0.3, 0.4) is 0 Å². The third kappa shape index (κ3) is 2.42. The van der Waals surface area contributed by atoms with Gasteiger partial charge < -0.3 is 5.32 Å². The summed E-state index contributed by atoms with van der Waals surface area (Å²) < 4.78 is 1.66. The second kappa shape index (κ2) is 5.70. The first kappa shape index (κ1) is 13.8. The van der Waals surface area contributed by atoms with Crippen molar-refractivity contribution in [3.05, 3.63) is 71.2 Å². The molecule has 22 heavy (non-hydrogen) atoms. The maximum atomic E-state index is 12.5. The van der Waals surface area contributed by atoms with E-state index >= 15 is 0 Å². The predicted molar refractivity (Wildman–Crippen MR) is 82.3 cm³/mol. The van der Waals surface area contributed by atoms with Gasteiger partial charge in [-0.3, -0.25) is 9.20 Å². The monoisotopic (exact) mass is 290 g/mol.